The first-order valence-corrected chi connectivity index (χ1v) is 9.80. The number of aromatic nitrogens is 2. The molecule has 148 valence electrons. The number of halogens is 1. The Hall–Kier alpha value is -3.12. The standard InChI is InChI=1S/C22H21ClN4O2/c1-14-11-18(23)7-8-19(14)24-22(29)17-5-3-16(4-6-17)13-26-20-12-15(2)25-27(20)10-9-21(26)28/h3-8,11-12H,9-10,13H2,1-2H3,(H,24,29). The molecule has 6 nitrogen and oxygen atoms in total. The molecule has 0 saturated heterocycles. The van der Waals surface area contributed by atoms with E-state index in [0.29, 0.717) is 30.1 Å². The van der Waals surface area contributed by atoms with Crippen molar-refractivity contribution in [3.05, 3.63) is 75.9 Å². The Morgan fingerprint density at radius 2 is 1.90 bits per heavy atom. The molecule has 1 aliphatic heterocycles. The summed E-state index contributed by atoms with van der Waals surface area (Å²) in [5, 5.41) is 7.97. The summed E-state index contributed by atoms with van der Waals surface area (Å²) in [5.41, 5.74) is 4.02. The van der Waals surface area contributed by atoms with E-state index in [-0.39, 0.29) is 11.8 Å². The molecule has 4 rings (SSSR count). The van der Waals surface area contributed by atoms with E-state index in [1.165, 1.54) is 0 Å². The van der Waals surface area contributed by atoms with Gasteiger partial charge in [-0.25, -0.2) is 4.68 Å². The van der Waals surface area contributed by atoms with Crippen LogP contribution in [0.2, 0.25) is 5.02 Å². The van der Waals surface area contributed by atoms with E-state index in [1.807, 2.05) is 42.8 Å². The molecule has 2 amide bonds. The van der Waals surface area contributed by atoms with Crippen molar-refractivity contribution in [1.82, 2.24) is 9.78 Å². The van der Waals surface area contributed by atoms with Crippen LogP contribution in [0.4, 0.5) is 11.5 Å². The molecular formula is C22H21ClN4O2. The van der Waals surface area contributed by atoms with Crippen LogP contribution in [0.3, 0.4) is 0 Å². The van der Waals surface area contributed by atoms with Gasteiger partial charge in [0.05, 0.1) is 18.8 Å². The van der Waals surface area contributed by atoms with Crippen molar-refractivity contribution < 1.29 is 9.59 Å². The van der Waals surface area contributed by atoms with Gasteiger partial charge < -0.3 is 5.32 Å². The maximum Gasteiger partial charge on any atom is 0.255 e. The average molecular weight is 409 g/mol. The van der Waals surface area contributed by atoms with Gasteiger partial charge in [-0.2, -0.15) is 5.10 Å². The highest BCUT2D eigenvalue weighted by Gasteiger charge is 2.25. The Bertz CT molecular complexity index is 1090. The highest BCUT2D eigenvalue weighted by Crippen LogP contribution is 2.25. The highest BCUT2D eigenvalue weighted by molar-refractivity contribution is 6.30. The number of fused-ring (bicyclic) bond motifs is 1. The summed E-state index contributed by atoms with van der Waals surface area (Å²) in [6.07, 6.45) is 0.440. The summed E-state index contributed by atoms with van der Waals surface area (Å²) < 4.78 is 1.87. The largest absolute Gasteiger partial charge is 0.322 e. The van der Waals surface area contributed by atoms with Gasteiger partial charge in [-0.15, -0.1) is 0 Å². The molecule has 7 heteroatoms. The minimum absolute atomic E-state index is 0.0810. The van der Waals surface area contributed by atoms with Crippen molar-refractivity contribution in [1.29, 1.82) is 0 Å². The number of carbonyl (C=O) groups is 2. The number of nitrogens with zero attached hydrogens (tertiary/aromatic N) is 3. The second-order valence-corrected chi connectivity index (χ2v) is 7.64. The van der Waals surface area contributed by atoms with Gasteiger partial charge in [-0.1, -0.05) is 23.7 Å². The van der Waals surface area contributed by atoms with Gasteiger partial charge in [0.15, 0.2) is 0 Å². The molecular weight excluding hydrogens is 388 g/mol. The summed E-state index contributed by atoms with van der Waals surface area (Å²) in [5.74, 6) is 0.709. The van der Waals surface area contributed by atoms with Crippen molar-refractivity contribution in [3.8, 4) is 0 Å². The number of carbonyl (C=O) groups excluding carboxylic acids is 2. The summed E-state index contributed by atoms with van der Waals surface area (Å²) in [6, 6.07) is 14.6. The average Bonchev–Trinajstić information content (AvgIpc) is 3.07. The topological polar surface area (TPSA) is 67.2 Å². The van der Waals surface area contributed by atoms with E-state index >= 15 is 0 Å². The Morgan fingerprint density at radius 3 is 2.62 bits per heavy atom. The molecule has 1 aromatic heterocycles. The normalized spacial score (nSPS) is 13.3. The van der Waals surface area contributed by atoms with Crippen molar-refractivity contribution in [2.45, 2.75) is 33.4 Å². The lowest BCUT2D eigenvalue weighted by molar-refractivity contribution is -0.119. The quantitative estimate of drug-likeness (QED) is 0.698. The summed E-state index contributed by atoms with van der Waals surface area (Å²) in [6.45, 7) is 4.88. The lowest BCUT2D eigenvalue weighted by atomic mass is 10.1. The maximum absolute atomic E-state index is 12.6. The fraction of sp³-hybridized carbons (Fsp3) is 0.227. The van der Waals surface area contributed by atoms with Gasteiger partial charge in [-0.3, -0.25) is 14.5 Å². The van der Waals surface area contributed by atoms with Crippen molar-refractivity contribution in [3.63, 3.8) is 0 Å². The molecule has 0 unspecified atom stereocenters. The van der Waals surface area contributed by atoms with Gasteiger partial charge in [0.2, 0.25) is 5.91 Å². The van der Waals surface area contributed by atoms with E-state index in [1.54, 1.807) is 29.2 Å². The molecule has 0 atom stereocenters. The molecule has 29 heavy (non-hydrogen) atoms. The van der Waals surface area contributed by atoms with Gasteiger partial charge in [0, 0.05) is 28.8 Å². The number of hydrogen-bond donors (Lipinski definition) is 1. The Balaban J connectivity index is 1.48. The van der Waals surface area contributed by atoms with E-state index in [2.05, 4.69) is 10.4 Å². The monoisotopic (exact) mass is 408 g/mol. The summed E-state index contributed by atoms with van der Waals surface area (Å²) in [7, 11) is 0. The van der Waals surface area contributed by atoms with Crippen LogP contribution < -0.4 is 10.2 Å². The first-order valence-electron chi connectivity index (χ1n) is 9.42. The molecule has 0 bridgehead atoms. The third kappa shape index (κ3) is 4.03. The zero-order valence-electron chi connectivity index (χ0n) is 16.3. The molecule has 0 radical (unpaired) electrons. The van der Waals surface area contributed by atoms with Gasteiger partial charge >= 0.3 is 0 Å². The number of aryl methyl sites for hydroxylation is 3. The van der Waals surface area contributed by atoms with Crippen molar-refractivity contribution in [2.75, 3.05) is 10.2 Å². The number of hydrogen-bond acceptors (Lipinski definition) is 3. The second kappa shape index (κ2) is 7.72. The number of benzene rings is 2. The predicted molar refractivity (Wildman–Crippen MR) is 113 cm³/mol. The lowest BCUT2D eigenvalue weighted by Gasteiger charge is -2.27. The zero-order chi connectivity index (χ0) is 20.5. The summed E-state index contributed by atoms with van der Waals surface area (Å²) >= 11 is 5.97. The van der Waals surface area contributed by atoms with Crippen LogP contribution in [-0.2, 0) is 17.9 Å². The van der Waals surface area contributed by atoms with Crippen LogP contribution in [0.15, 0.2) is 48.5 Å². The third-order valence-corrected chi connectivity index (χ3v) is 5.22. The van der Waals surface area contributed by atoms with Crippen LogP contribution in [0.1, 0.15) is 33.6 Å². The SMILES string of the molecule is Cc1cc2n(n1)CCC(=O)N2Cc1ccc(C(=O)Nc2ccc(Cl)cc2C)cc1. The molecule has 2 heterocycles. The smallest absolute Gasteiger partial charge is 0.255 e. The third-order valence-electron chi connectivity index (χ3n) is 4.99. The molecule has 1 aliphatic rings. The molecule has 0 spiro atoms. The van der Waals surface area contributed by atoms with E-state index in [9.17, 15) is 9.59 Å². The number of anilines is 2. The Labute approximate surface area is 174 Å². The van der Waals surface area contributed by atoms with Gasteiger partial charge in [0.25, 0.3) is 5.91 Å². The first kappa shape index (κ1) is 19.2. The van der Waals surface area contributed by atoms with Crippen LogP contribution in [0.25, 0.3) is 0 Å². The number of nitrogens with one attached hydrogen (secondary N) is 1. The minimum Gasteiger partial charge on any atom is -0.322 e. The highest BCUT2D eigenvalue weighted by atomic mass is 35.5. The van der Waals surface area contributed by atoms with Crippen molar-refractivity contribution >= 4 is 34.9 Å². The Kier molecular flexibility index (Phi) is 5.11. The molecule has 0 saturated carbocycles. The summed E-state index contributed by atoms with van der Waals surface area (Å²) in [4.78, 5) is 26.7. The first-order chi connectivity index (χ1) is 13.9. The maximum atomic E-state index is 12.6. The van der Waals surface area contributed by atoms with Crippen LogP contribution in [0, 0.1) is 13.8 Å². The van der Waals surface area contributed by atoms with Gasteiger partial charge in [-0.05, 0) is 55.3 Å². The predicted octanol–water partition coefficient (Wildman–Crippen LogP) is 4.34. The van der Waals surface area contributed by atoms with Crippen LogP contribution in [0.5, 0.6) is 0 Å². The van der Waals surface area contributed by atoms with Gasteiger partial charge in [0.1, 0.15) is 5.82 Å². The van der Waals surface area contributed by atoms with E-state index in [0.717, 1.165) is 28.3 Å². The Morgan fingerprint density at radius 1 is 1.14 bits per heavy atom. The number of amides is 2. The van der Waals surface area contributed by atoms with Crippen LogP contribution in [-0.4, -0.2) is 21.6 Å². The molecule has 2 aromatic carbocycles. The number of rotatable bonds is 4. The van der Waals surface area contributed by atoms with Crippen LogP contribution >= 0.6 is 11.6 Å². The lowest BCUT2D eigenvalue weighted by Crippen LogP contribution is -2.36. The van der Waals surface area contributed by atoms with E-state index in [4.69, 9.17) is 11.6 Å². The van der Waals surface area contributed by atoms with Crippen molar-refractivity contribution in [2.24, 2.45) is 0 Å². The molecule has 3 aromatic rings. The molecule has 0 aliphatic carbocycles. The fourth-order valence-corrected chi connectivity index (χ4v) is 3.68. The minimum atomic E-state index is -0.190. The zero-order valence-corrected chi connectivity index (χ0v) is 17.0. The molecule has 1 N–H and O–H groups in total. The second-order valence-electron chi connectivity index (χ2n) is 7.21. The molecule has 0 fully saturated rings. The fourth-order valence-electron chi connectivity index (χ4n) is 3.45. The van der Waals surface area contributed by atoms with E-state index < -0.39 is 0 Å².